The molecule has 11 heteroatoms. The van der Waals surface area contributed by atoms with E-state index in [-0.39, 0.29) is 29.2 Å². The normalized spacial score (nSPS) is 17.8. The molecule has 5 rings (SSSR count). The molecule has 170 valence electrons. The number of halogens is 1. The molecule has 0 aliphatic carbocycles. The number of nitrogen functional groups attached to an aromatic ring is 1. The molecular weight excluding hydrogens is 482 g/mol. The van der Waals surface area contributed by atoms with Crippen molar-refractivity contribution in [1.82, 2.24) is 19.2 Å². The molecule has 33 heavy (non-hydrogen) atoms. The van der Waals surface area contributed by atoms with Crippen LogP contribution in [0.4, 0.5) is 5.82 Å². The van der Waals surface area contributed by atoms with Crippen molar-refractivity contribution in [3.8, 4) is 0 Å². The number of sulfonamides is 1. The van der Waals surface area contributed by atoms with Crippen molar-refractivity contribution in [3.05, 3.63) is 59.4 Å². The summed E-state index contributed by atoms with van der Waals surface area (Å²) in [5.41, 5.74) is 7.47. The highest BCUT2D eigenvalue weighted by atomic mass is 35.5. The minimum absolute atomic E-state index is 0.204. The summed E-state index contributed by atoms with van der Waals surface area (Å²) in [6.07, 6.45) is 1.40. The zero-order chi connectivity index (χ0) is 23.3. The number of carbonyl (C=O) groups is 1. The number of nitrogens with zero attached hydrogens (tertiary/aromatic N) is 4. The topological polar surface area (TPSA) is 109 Å². The van der Waals surface area contributed by atoms with Gasteiger partial charge in [0.05, 0.1) is 12.1 Å². The van der Waals surface area contributed by atoms with Gasteiger partial charge in [-0.15, -0.1) is 11.3 Å². The smallest absolute Gasteiger partial charge is 0.253 e. The lowest BCUT2D eigenvalue weighted by Crippen LogP contribution is -2.56. The maximum atomic E-state index is 13.3. The van der Waals surface area contributed by atoms with Crippen LogP contribution in [0.25, 0.3) is 21.0 Å². The van der Waals surface area contributed by atoms with Gasteiger partial charge in [0.25, 0.3) is 10.0 Å². The third-order valence-electron chi connectivity index (χ3n) is 5.77. The zero-order valence-corrected chi connectivity index (χ0v) is 20.0. The Morgan fingerprint density at radius 2 is 2.00 bits per heavy atom. The second kappa shape index (κ2) is 8.21. The molecule has 1 fully saturated rings. The Bertz CT molecular complexity index is 1500. The van der Waals surface area contributed by atoms with Crippen molar-refractivity contribution in [1.29, 1.82) is 0 Å². The summed E-state index contributed by atoms with van der Waals surface area (Å²) in [7, 11) is -3.80. The lowest BCUT2D eigenvalue weighted by molar-refractivity contribution is -0.137. The average molecular weight is 502 g/mol. The molecule has 1 saturated heterocycles. The van der Waals surface area contributed by atoms with E-state index in [9.17, 15) is 13.2 Å². The van der Waals surface area contributed by atoms with E-state index in [0.717, 1.165) is 32.4 Å². The van der Waals surface area contributed by atoms with Gasteiger partial charge in [-0.2, -0.15) is 4.31 Å². The molecule has 0 bridgehead atoms. The van der Waals surface area contributed by atoms with Crippen molar-refractivity contribution in [2.24, 2.45) is 0 Å². The summed E-state index contributed by atoms with van der Waals surface area (Å²) in [6, 6.07) is 12.2. The van der Waals surface area contributed by atoms with E-state index >= 15 is 0 Å². The molecule has 1 atom stereocenters. The van der Waals surface area contributed by atoms with E-state index in [1.165, 1.54) is 10.6 Å². The van der Waals surface area contributed by atoms with Crippen LogP contribution in [0.1, 0.15) is 12.5 Å². The zero-order valence-electron chi connectivity index (χ0n) is 17.6. The summed E-state index contributed by atoms with van der Waals surface area (Å²) in [4.78, 5) is 22.9. The number of thiophene rings is 1. The number of fused-ring (bicyclic) bond motifs is 2. The molecule has 4 aromatic rings. The predicted octanol–water partition coefficient (Wildman–Crippen LogP) is 3.50. The molecule has 1 aliphatic rings. The maximum absolute atomic E-state index is 13.3. The molecule has 1 amide bonds. The van der Waals surface area contributed by atoms with Crippen LogP contribution in [0.2, 0.25) is 5.02 Å². The van der Waals surface area contributed by atoms with Gasteiger partial charge in [0, 0.05) is 34.2 Å². The van der Waals surface area contributed by atoms with Gasteiger partial charge in [0.2, 0.25) is 5.91 Å². The SMILES string of the molecule is C[C@@H]1CN(S(=O)(=O)c2cc3ccc(Cl)cc3s2)CC(=O)N1Cc1ccc2c(N)ncnc2c1. The van der Waals surface area contributed by atoms with Crippen LogP contribution < -0.4 is 5.73 Å². The Hall–Kier alpha value is -2.79. The van der Waals surface area contributed by atoms with Gasteiger partial charge in [-0.05, 0) is 48.2 Å². The largest absolute Gasteiger partial charge is 0.383 e. The van der Waals surface area contributed by atoms with Gasteiger partial charge in [-0.25, -0.2) is 18.4 Å². The van der Waals surface area contributed by atoms with Crippen LogP contribution in [-0.2, 0) is 21.4 Å². The Balaban J connectivity index is 1.37. The van der Waals surface area contributed by atoms with Gasteiger partial charge in [0.15, 0.2) is 0 Å². The molecule has 1 aliphatic heterocycles. The van der Waals surface area contributed by atoms with E-state index in [0.29, 0.717) is 22.9 Å². The first-order valence-electron chi connectivity index (χ1n) is 10.2. The van der Waals surface area contributed by atoms with Crippen LogP contribution in [0.15, 0.2) is 53.0 Å². The fourth-order valence-electron chi connectivity index (χ4n) is 4.03. The molecule has 3 heterocycles. The fourth-order valence-corrected chi connectivity index (χ4v) is 7.33. The Morgan fingerprint density at radius 1 is 1.18 bits per heavy atom. The first-order valence-corrected chi connectivity index (χ1v) is 12.8. The van der Waals surface area contributed by atoms with Crippen molar-refractivity contribution in [2.75, 3.05) is 18.8 Å². The van der Waals surface area contributed by atoms with Crippen molar-refractivity contribution in [3.63, 3.8) is 0 Å². The second-order valence-corrected chi connectivity index (χ2v) is 11.7. The third kappa shape index (κ3) is 4.04. The monoisotopic (exact) mass is 501 g/mol. The lowest BCUT2D eigenvalue weighted by atomic mass is 10.1. The van der Waals surface area contributed by atoms with Crippen LogP contribution in [0, 0.1) is 0 Å². The molecule has 2 N–H and O–H groups in total. The number of amides is 1. The molecule has 0 radical (unpaired) electrons. The first kappa shape index (κ1) is 22.0. The van der Waals surface area contributed by atoms with E-state index in [4.69, 9.17) is 17.3 Å². The van der Waals surface area contributed by atoms with Gasteiger partial charge in [0.1, 0.15) is 16.4 Å². The van der Waals surface area contributed by atoms with E-state index < -0.39 is 10.0 Å². The number of rotatable bonds is 4. The number of benzene rings is 2. The minimum Gasteiger partial charge on any atom is -0.383 e. The highest BCUT2D eigenvalue weighted by molar-refractivity contribution is 7.91. The molecule has 2 aromatic heterocycles. The molecule has 2 aromatic carbocycles. The van der Waals surface area contributed by atoms with Crippen LogP contribution in [-0.4, -0.2) is 52.6 Å². The summed E-state index contributed by atoms with van der Waals surface area (Å²) < 4.78 is 28.8. The maximum Gasteiger partial charge on any atom is 0.253 e. The Labute approximate surface area is 199 Å². The van der Waals surface area contributed by atoms with Crippen LogP contribution in [0.5, 0.6) is 0 Å². The highest BCUT2D eigenvalue weighted by Crippen LogP contribution is 2.33. The average Bonchev–Trinajstić information content (AvgIpc) is 3.20. The Morgan fingerprint density at radius 3 is 2.79 bits per heavy atom. The number of piperazine rings is 1. The highest BCUT2D eigenvalue weighted by Gasteiger charge is 2.37. The molecule has 0 unspecified atom stereocenters. The molecule has 8 nitrogen and oxygen atoms in total. The lowest BCUT2D eigenvalue weighted by Gasteiger charge is -2.38. The van der Waals surface area contributed by atoms with Gasteiger partial charge >= 0.3 is 0 Å². The molecule has 0 saturated carbocycles. The quantitative estimate of drug-likeness (QED) is 0.458. The third-order valence-corrected chi connectivity index (χ3v) is 9.36. The number of carbonyl (C=O) groups excluding carboxylic acids is 1. The van der Waals surface area contributed by atoms with E-state index in [1.54, 1.807) is 29.2 Å². The standard InChI is InChI=1S/C22H20ClN5O3S2/c1-13-9-27(33(30,31)21-7-15-3-4-16(23)8-19(15)32-21)11-20(29)28(13)10-14-2-5-17-18(6-14)25-12-26-22(17)24/h2-8,12-13H,9-11H2,1H3,(H2,24,25,26)/t13-/m1/s1. The van der Waals surface area contributed by atoms with E-state index in [1.807, 2.05) is 25.1 Å². The Kier molecular flexibility index (Phi) is 5.48. The van der Waals surface area contributed by atoms with E-state index in [2.05, 4.69) is 9.97 Å². The van der Waals surface area contributed by atoms with Crippen molar-refractivity contribution >= 4 is 65.7 Å². The summed E-state index contributed by atoms with van der Waals surface area (Å²) in [6.45, 7) is 2.22. The van der Waals surface area contributed by atoms with Crippen LogP contribution >= 0.6 is 22.9 Å². The number of hydrogen-bond donors (Lipinski definition) is 1. The van der Waals surface area contributed by atoms with Gasteiger partial charge in [-0.3, -0.25) is 4.79 Å². The van der Waals surface area contributed by atoms with Crippen LogP contribution in [0.3, 0.4) is 0 Å². The van der Waals surface area contributed by atoms with Gasteiger partial charge < -0.3 is 10.6 Å². The molecular formula is C22H20ClN5O3S2. The first-order chi connectivity index (χ1) is 15.7. The number of nitrogens with two attached hydrogens (primary N) is 1. The van der Waals surface area contributed by atoms with Gasteiger partial charge in [-0.1, -0.05) is 23.7 Å². The molecule has 0 spiro atoms. The van der Waals surface area contributed by atoms with Crippen molar-refractivity contribution < 1.29 is 13.2 Å². The fraction of sp³-hybridized carbons (Fsp3) is 0.227. The predicted molar refractivity (Wildman–Crippen MR) is 130 cm³/mol. The minimum atomic E-state index is -3.80. The number of aromatic nitrogens is 2. The number of anilines is 1. The number of hydrogen-bond acceptors (Lipinski definition) is 7. The summed E-state index contributed by atoms with van der Waals surface area (Å²) in [5.74, 6) is 0.155. The second-order valence-electron chi connectivity index (χ2n) is 8.03. The summed E-state index contributed by atoms with van der Waals surface area (Å²) >= 11 is 7.19. The summed E-state index contributed by atoms with van der Waals surface area (Å²) in [5, 5.41) is 2.11. The van der Waals surface area contributed by atoms with Crippen molar-refractivity contribution in [2.45, 2.75) is 23.7 Å².